The minimum absolute atomic E-state index is 0.116. The van der Waals surface area contributed by atoms with Crippen molar-refractivity contribution in [2.45, 2.75) is 6.42 Å². The first-order valence-electron chi connectivity index (χ1n) is 7.83. The van der Waals surface area contributed by atoms with Crippen LogP contribution in [0.15, 0.2) is 42.5 Å². The average Bonchev–Trinajstić information content (AvgIpc) is 2.67. The summed E-state index contributed by atoms with van der Waals surface area (Å²) in [4.78, 5) is 23.9. The van der Waals surface area contributed by atoms with Gasteiger partial charge in [-0.2, -0.15) is 5.26 Å². The van der Waals surface area contributed by atoms with Gasteiger partial charge in [-0.25, -0.2) is 0 Å². The molecule has 0 aromatic heterocycles. The number of hydrogen-bond acceptors (Lipinski definition) is 5. The fourth-order valence-electron chi connectivity index (χ4n) is 2.25. The van der Waals surface area contributed by atoms with Crippen LogP contribution in [-0.2, 0) is 16.0 Å². The minimum atomic E-state index is -0.352. The molecule has 0 aliphatic heterocycles. The zero-order chi connectivity index (χ0) is 18.9. The summed E-state index contributed by atoms with van der Waals surface area (Å²) in [5.41, 5.74) is 1.81. The summed E-state index contributed by atoms with van der Waals surface area (Å²) in [7, 11) is 3.06. The van der Waals surface area contributed by atoms with Crippen molar-refractivity contribution < 1.29 is 19.1 Å². The second-order valence-corrected chi connectivity index (χ2v) is 5.38. The van der Waals surface area contributed by atoms with Gasteiger partial charge in [-0.15, -0.1) is 0 Å². The van der Waals surface area contributed by atoms with Gasteiger partial charge < -0.3 is 20.1 Å². The topological polar surface area (TPSA) is 100 Å². The van der Waals surface area contributed by atoms with Crippen molar-refractivity contribution in [2.75, 3.05) is 26.1 Å². The van der Waals surface area contributed by atoms with Gasteiger partial charge in [0.25, 0.3) is 0 Å². The standard InChI is InChI=1S/C19H19N3O4/c1-25-16-8-5-14(9-17(16)26-2)10-18(23)21-12-19(24)22-15-6-3-13(11-20)4-7-15/h3-9H,10,12H2,1-2H3,(H,21,23)(H,22,24). The molecule has 0 spiro atoms. The molecule has 0 saturated carbocycles. The number of carbonyl (C=O) groups is 2. The number of benzene rings is 2. The van der Waals surface area contributed by atoms with E-state index in [1.54, 1.807) is 42.5 Å². The highest BCUT2D eigenvalue weighted by Crippen LogP contribution is 2.27. The van der Waals surface area contributed by atoms with Gasteiger partial charge in [-0.3, -0.25) is 9.59 Å². The quantitative estimate of drug-likeness (QED) is 0.791. The highest BCUT2D eigenvalue weighted by molar-refractivity contribution is 5.94. The van der Waals surface area contributed by atoms with Gasteiger partial charge in [0.1, 0.15) is 0 Å². The molecule has 2 N–H and O–H groups in total. The average molecular weight is 353 g/mol. The van der Waals surface area contributed by atoms with Crippen molar-refractivity contribution in [3.8, 4) is 17.6 Å². The maximum Gasteiger partial charge on any atom is 0.243 e. The van der Waals surface area contributed by atoms with Crippen LogP contribution in [0.25, 0.3) is 0 Å². The lowest BCUT2D eigenvalue weighted by Gasteiger charge is -2.10. The van der Waals surface area contributed by atoms with E-state index in [1.807, 2.05) is 6.07 Å². The summed E-state index contributed by atoms with van der Waals surface area (Å²) in [5, 5.41) is 13.9. The third kappa shape index (κ3) is 5.24. The van der Waals surface area contributed by atoms with Crippen LogP contribution in [0, 0.1) is 11.3 Å². The smallest absolute Gasteiger partial charge is 0.243 e. The van der Waals surface area contributed by atoms with E-state index < -0.39 is 0 Å². The molecule has 0 aliphatic carbocycles. The van der Waals surface area contributed by atoms with Crippen LogP contribution in [-0.4, -0.2) is 32.6 Å². The van der Waals surface area contributed by atoms with E-state index >= 15 is 0 Å². The highest BCUT2D eigenvalue weighted by Gasteiger charge is 2.10. The third-order valence-corrected chi connectivity index (χ3v) is 3.56. The number of rotatable bonds is 7. The maximum absolute atomic E-state index is 12.0. The first-order valence-corrected chi connectivity index (χ1v) is 7.83. The monoisotopic (exact) mass is 353 g/mol. The van der Waals surface area contributed by atoms with Gasteiger partial charge in [0, 0.05) is 5.69 Å². The lowest BCUT2D eigenvalue weighted by Crippen LogP contribution is -2.33. The van der Waals surface area contributed by atoms with E-state index in [-0.39, 0.29) is 24.8 Å². The van der Waals surface area contributed by atoms with Crippen molar-refractivity contribution in [3.05, 3.63) is 53.6 Å². The molecule has 134 valence electrons. The van der Waals surface area contributed by atoms with Gasteiger partial charge in [0.15, 0.2) is 11.5 Å². The molecule has 0 atom stereocenters. The van der Waals surface area contributed by atoms with Crippen LogP contribution in [0.3, 0.4) is 0 Å². The van der Waals surface area contributed by atoms with E-state index in [0.717, 1.165) is 5.56 Å². The Morgan fingerprint density at radius 2 is 1.69 bits per heavy atom. The molecule has 0 bridgehead atoms. The van der Waals surface area contributed by atoms with Gasteiger partial charge in [-0.05, 0) is 42.0 Å². The Kier molecular flexibility index (Phi) is 6.57. The Hall–Kier alpha value is -3.53. The lowest BCUT2D eigenvalue weighted by atomic mass is 10.1. The third-order valence-electron chi connectivity index (χ3n) is 3.56. The molecule has 7 nitrogen and oxygen atoms in total. The van der Waals surface area contributed by atoms with Crippen molar-refractivity contribution >= 4 is 17.5 Å². The number of methoxy groups -OCH3 is 2. The molecule has 0 radical (unpaired) electrons. The minimum Gasteiger partial charge on any atom is -0.493 e. The zero-order valence-electron chi connectivity index (χ0n) is 14.5. The summed E-state index contributed by atoms with van der Waals surface area (Å²) in [5.74, 6) is 0.484. The predicted molar refractivity (Wildman–Crippen MR) is 96.0 cm³/mol. The molecular weight excluding hydrogens is 334 g/mol. The maximum atomic E-state index is 12.0. The number of carbonyl (C=O) groups excluding carboxylic acids is 2. The molecule has 0 unspecified atom stereocenters. The van der Waals surface area contributed by atoms with Gasteiger partial charge in [0.05, 0.1) is 38.8 Å². The molecule has 2 amide bonds. The summed E-state index contributed by atoms with van der Waals surface area (Å²) in [6.45, 7) is -0.147. The first kappa shape index (κ1) is 18.8. The van der Waals surface area contributed by atoms with Gasteiger partial charge in [0.2, 0.25) is 11.8 Å². The second-order valence-electron chi connectivity index (χ2n) is 5.38. The number of nitrogens with zero attached hydrogens (tertiary/aromatic N) is 1. The number of anilines is 1. The van der Waals surface area contributed by atoms with Gasteiger partial charge >= 0.3 is 0 Å². The summed E-state index contributed by atoms with van der Waals surface area (Å²) >= 11 is 0. The lowest BCUT2D eigenvalue weighted by molar-refractivity contribution is -0.123. The van der Waals surface area contributed by atoms with Crippen molar-refractivity contribution in [2.24, 2.45) is 0 Å². The van der Waals surface area contributed by atoms with Crippen LogP contribution < -0.4 is 20.1 Å². The first-order chi connectivity index (χ1) is 12.5. The highest BCUT2D eigenvalue weighted by atomic mass is 16.5. The van der Waals surface area contributed by atoms with Crippen molar-refractivity contribution in [1.29, 1.82) is 5.26 Å². The largest absolute Gasteiger partial charge is 0.493 e. The number of amides is 2. The number of ether oxygens (including phenoxy) is 2. The van der Waals surface area contributed by atoms with E-state index in [0.29, 0.717) is 22.7 Å². The van der Waals surface area contributed by atoms with Crippen LogP contribution in [0.2, 0.25) is 0 Å². The Morgan fingerprint density at radius 1 is 1.00 bits per heavy atom. The van der Waals surface area contributed by atoms with E-state index in [9.17, 15) is 9.59 Å². The molecule has 0 saturated heterocycles. The summed E-state index contributed by atoms with van der Waals surface area (Å²) < 4.78 is 10.3. The molecule has 0 aliphatic rings. The number of nitrogens with one attached hydrogen (secondary N) is 2. The molecule has 0 fully saturated rings. The molecule has 26 heavy (non-hydrogen) atoms. The number of hydrogen-bond donors (Lipinski definition) is 2. The normalized spacial score (nSPS) is 9.73. The van der Waals surface area contributed by atoms with Crippen LogP contribution in [0.5, 0.6) is 11.5 Å². The van der Waals surface area contributed by atoms with Crippen LogP contribution in [0.1, 0.15) is 11.1 Å². The summed E-state index contributed by atoms with van der Waals surface area (Å²) in [6.07, 6.45) is 0.116. The van der Waals surface area contributed by atoms with Crippen LogP contribution >= 0.6 is 0 Å². The fourth-order valence-corrected chi connectivity index (χ4v) is 2.25. The van der Waals surface area contributed by atoms with E-state index in [1.165, 1.54) is 14.2 Å². The Balaban J connectivity index is 1.84. The summed E-state index contributed by atoms with van der Waals surface area (Å²) in [6, 6.07) is 13.7. The van der Waals surface area contributed by atoms with Gasteiger partial charge in [-0.1, -0.05) is 6.07 Å². The number of nitriles is 1. The Morgan fingerprint density at radius 3 is 2.31 bits per heavy atom. The Bertz CT molecular complexity index is 826. The molecule has 7 heteroatoms. The van der Waals surface area contributed by atoms with Crippen LogP contribution in [0.4, 0.5) is 5.69 Å². The van der Waals surface area contributed by atoms with Crippen molar-refractivity contribution in [3.63, 3.8) is 0 Å². The SMILES string of the molecule is COc1ccc(CC(=O)NCC(=O)Nc2ccc(C#N)cc2)cc1OC. The van der Waals surface area contributed by atoms with Crippen molar-refractivity contribution in [1.82, 2.24) is 5.32 Å². The second kappa shape index (κ2) is 9.08. The van der Waals surface area contributed by atoms with E-state index in [2.05, 4.69) is 10.6 Å². The Labute approximate surface area is 151 Å². The molecule has 2 rings (SSSR count). The molecule has 0 heterocycles. The zero-order valence-corrected chi connectivity index (χ0v) is 14.5. The predicted octanol–water partition coefficient (Wildman–Crippen LogP) is 1.87. The van der Waals surface area contributed by atoms with E-state index in [4.69, 9.17) is 14.7 Å². The molecular formula is C19H19N3O4. The fraction of sp³-hybridized carbons (Fsp3) is 0.211. The molecule has 2 aromatic carbocycles. The molecule has 2 aromatic rings.